The largest absolute Gasteiger partial charge is 0.465 e. The number of amides is 2. The number of nitrogens with one attached hydrogen (secondary N) is 3. The predicted octanol–water partition coefficient (Wildman–Crippen LogP) is 4.66. The summed E-state index contributed by atoms with van der Waals surface area (Å²) in [5, 5.41) is 22.2. The van der Waals surface area contributed by atoms with Crippen LogP contribution in [0.4, 0.5) is 4.79 Å². The molecule has 230 valence electrons. The summed E-state index contributed by atoms with van der Waals surface area (Å²) in [7, 11) is 0. The maximum atomic E-state index is 12.1. The highest BCUT2D eigenvalue weighted by Crippen LogP contribution is 2.39. The second kappa shape index (κ2) is 15.5. The molecule has 0 bridgehead atoms. The summed E-state index contributed by atoms with van der Waals surface area (Å²) in [5.41, 5.74) is 5.70. The molecule has 4 N–H and O–H groups in total. The van der Waals surface area contributed by atoms with Gasteiger partial charge in [0.05, 0.1) is 25.4 Å². The molecule has 3 atom stereocenters. The number of hydrogen-bond acceptors (Lipinski definition) is 9. The lowest BCUT2D eigenvalue weighted by atomic mass is 9.99. The Morgan fingerprint density at radius 1 is 1.00 bits per heavy atom. The first kappa shape index (κ1) is 31.2. The van der Waals surface area contributed by atoms with Crippen LogP contribution in [0, 0.1) is 0 Å². The SMILES string of the molecule is CCOC(=O)CNC(=O)NCc1cccc(-c2ccc([C@H]3O[C@@H](CSc4ncn[nH]4)C[C@@H](c4ccc(CO)cc4)O3)cc2)c1. The molecule has 0 saturated carbocycles. The number of nitrogens with zero attached hydrogens (tertiary/aromatic N) is 2. The van der Waals surface area contributed by atoms with Crippen molar-refractivity contribution in [1.82, 2.24) is 25.8 Å². The smallest absolute Gasteiger partial charge is 0.325 e. The summed E-state index contributed by atoms with van der Waals surface area (Å²) in [4.78, 5) is 27.7. The van der Waals surface area contributed by atoms with Crippen LogP contribution in [0.2, 0.25) is 0 Å². The Balaban J connectivity index is 1.24. The van der Waals surface area contributed by atoms with E-state index in [0.29, 0.717) is 18.7 Å². The van der Waals surface area contributed by atoms with Crippen molar-refractivity contribution in [3.63, 3.8) is 0 Å². The highest BCUT2D eigenvalue weighted by Gasteiger charge is 2.32. The third-order valence-corrected chi connectivity index (χ3v) is 8.02. The third-order valence-electron chi connectivity index (χ3n) is 7.01. The number of aliphatic hydroxyl groups excluding tert-OH is 1. The fourth-order valence-corrected chi connectivity index (χ4v) is 5.56. The molecule has 0 aliphatic carbocycles. The molecule has 1 saturated heterocycles. The molecule has 1 aliphatic rings. The number of benzene rings is 3. The van der Waals surface area contributed by atoms with Gasteiger partial charge >= 0.3 is 12.0 Å². The molecule has 4 aromatic rings. The molecule has 5 rings (SSSR count). The lowest BCUT2D eigenvalue weighted by molar-refractivity contribution is -0.245. The monoisotopic (exact) mass is 617 g/mol. The van der Waals surface area contributed by atoms with E-state index >= 15 is 0 Å². The summed E-state index contributed by atoms with van der Waals surface area (Å²) < 4.78 is 17.7. The summed E-state index contributed by atoms with van der Waals surface area (Å²) >= 11 is 1.55. The van der Waals surface area contributed by atoms with Gasteiger partial charge in [-0.05, 0) is 40.8 Å². The first-order valence-electron chi connectivity index (χ1n) is 14.4. The Bertz CT molecular complexity index is 1500. The van der Waals surface area contributed by atoms with E-state index in [1.165, 1.54) is 6.33 Å². The third kappa shape index (κ3) is 8.66. The molecule has 3 aromatic carbocycles. The molecule has 1 aromatic heterocycles. The van der Waals surface area contributed by atoms with Gasteiger partial charge in [-0.1, -0.05) is 78.5 Å². The Labute approximate surface area is 259 Å². The summed E-state index contributed by atoms with van der Waals surface area (Å²) in [5.74, 6) is 0.199. The first-order valence-corrected chi connectivity index (χ1v) is 15.3. The van der Waals surface area contributed by atoms with E-state index in [9.17, 15) is 14.7 Å². The van der Waals surface area contributed by atoms with Crippen LogP contribution in [0.5, 0.6) is 0 Å². The molecule has 0 radical (unpaired) electrons. The van der Waals surface area contributed by atoms with Crippen molar-refractivity contribution < 1.29 is 28.9 Å². The van der Waals surface area contributed by atoms with Gasteiger partial charge in [-0.2, -0.15) is 5.10 Å². The van der Waals surface area contributed by atoms with Crippen molar-refractivity contribution in [2.24, 2.45) is 0 Å². The van der Waals surface area contributed by atoms with E-state index < -0.39 is 18.3 Å². The van der Waals surface area contributed by atoms with Crippen LogP contribution in [0.25, 0.3) is 11.1 Å². The number of ether oxygens (including phenoxy) is 3. The van der Waals surface area contributed by atoms with Gasteiger partial charge in [0.1, 0.15) is 12.9 Å². The van der Waals surface area contributed by atoms with E-state index in [0.717, 1.165) is 38.5 Å². The molecule has 0 unspecified atom stereocenters. The number of carbonyl (C=O) groups is 2. The maximum Gasteiger partial charge on any atom is 0.325 e. The summed E-state index contributed by atoms with van der Waals surface area (Å²) in [6, 6.07) is 23.3. The van der Waals surface area contributed by atoms with E-state index in [4.69, 9.17) is 14.2 Å². The maximum absolute atomic E-state index is 12.1. The van der Waals surface area contributed by atoms with Crippen molar-refractivity contribution in [1.29, 1.82) is 0 Å². The van der Waals surface area contributed by atoms with Crippen LogP contribution in [0.1, 0.15) is 48.0 Å². The van der Waals surface area contributed by atoms with Crippen LogP contribution in [-0.4, -0.2) is 57.3 Å². The quantitative estimate of drug-likeness (QED) is 0.132. The number of aliphatic hydroxyl groups is 1. The number of esters is 1. The number of aromatic amines is 1. The van der Waals surface area contributed by atoms with Gasteiger partial charge in [-0.3, -0.25) is 9.89 Å². The number of carbonyl (C=O) groups excluding carboxylic acids is 2. The number of hydrogen-bond donors (Lipinski definition) is 4. The Morgan fingerprint density at radius 3 is 2.52 bits per heavy atom. The molecule has 1 aliphatic heterocycles. The number of thioether (sulfide) groups is 1. The zero-order valence-corrected chi connectivity index (χ0v) is 25.1. The Hall–Kier alpha value is -4.23. The molecular formula is C32H35N5O6S. The molecule has 0 spiro atoms. The Morgan fingerprint density at radius 2 is 1.80 bits per heavy atom. The summed E-state index contributed by atoms with van der Waals surface area (Å²) in [6.07, 6.45) is 1.32. The molecule has 1 fully saturated rings. The minimum Gasteiger partial charge on any atom is -0.465 e. The van der Waals surface area contributed by atoms with Crippen LogP contribution in [0.15, 0.2) is 84.3 Å². The van der Waals surface area contributed by atoms with Crippen molar-refractivity contribution >= 4 is 23.8 Å². The lowest BCUT2D eigenvalue weighted by Gasteiger charge is -2.36. The van der Waals surface area contributed by atoms with E-state index in [2.05, 4.69) is 25.8 Å². The molecule has 44 heavy (non-hydrogen) atoms. The van der Waals surface area contributed by atoms with Crippen LogP contribution >= 0.6 is 11.8 Å². The second-order valence-corrected chi connectivity index (χ2v) is 11.1. The van der Waals surface area contributed by atoms with E-state index in [-0.39, 0.29) is 32.0 Å². The van der Waals surface area contributed by atoms with Crippen LogP contribution in [0.3, 0.4) is 0 Å². The van der Waals surface area contributed by atoms with Crippen molar-refractivity contribution in [2.45, 2.75) is 50.2 Å². The van der Waals surface area contributed by atoms with Crippen molar-refractivity contribution in [3.8, 4) is 11.1 Å². The number of H-pyrrole nitrogens is 1. The van der Waals surface area contributed by atoms with Crippen LogP contribution < -0.4 is 10.6 Å². The molecule has 2 heterocycles. The van der Waals surface area contributed by atoms with Gasteiger partial charge in [0.2, 0.25) is 0 Å². The molecule has 11 nitrogen and oxygen atoms in total. The van der Waals surface area contributed by atoms with Crippen molar-refractivity contribution in [2.75, 3.05) is 18.9 Å². The van der Waals surface area contributed by atoms with Crippen molar-refractivity contribution in [3.05, 3.63) is 101 Å². The lowest BCUT2D eigenvalue weighted by Crippen LogP contribution is -2.38. The van der Waals surface area contributed by atoms with Gasteiger partial charge in [0, 0.05) is 24.3 Å². The highest BCUT2D eigenvalue weighted by atomic mass is 32.2. The van der Waals surface area contributed by atoms with E-state index in [1.54, 1.807) is 18.7 Å². The second-order valence-electron chi connectivity index (χ2n) is 10.1. The number of rotatable bonds is 12. The van der Waals surface area contributed by atoms with E-state index in [1.807, 2.05) is 72.8 Å². The normalized spacial score (nSPS) is 18.0. The molecular weight excluding hydrogens is 582 g/mol. The fraction of sp³-hybridized carbons (Fsp3) is 0.312. The Kier molecular flexibility index (Phi) is 11.0. The van der Waals surface area contributed by atoms with Gasteiger partial charge in [-0.25, -0.2) is 9.78 Å². The standard InChI is InChI=1S/C32H35N5O6S/c1-2-41-29(39)17-34-31(40)33-16-22-4-3-5-26(14-22)23-10-12-25(13-11-23)30-42-27(19-44-32-35-20-36-37-32)15-28(43-30)24-8-6-21(18-38)7-9-24/h3-14,20,27-28,30,38H,2,15-19H2,1H3,(H2,33,34,40)(H,35,36,37)/t27-,28+,30+/m1/s1. The highest BCUT2D eigenvalue weighted by molar-refractivity contribution is 7.99. The zero-order chi connectivity index (χ0) is 30.7. The fourth-order valence-electron chi connectivity index (χ4n) is 4.76. The van der Waals surface area contributed by atoms with Gasteiger partial charge < -0.3 is 30.0 Å². The van der Waals surface area contributed by atoms with Gasteiger partial charge in [-0.15, -0.1) is 0 Å². The summed E-state index contributed by atoms with van der Waals surface area (Å²) in [6.45, 7) is 2.09. The van der Waals surface area contributed by atoms with Gasteiger partial charge in [0.15, 0.2) is 11.4 Å². The minimum atomic E-state index is -0.565. The predicted molar refractivity (Wildman–Crippen MR) is 164 cm³/mol. The van der Waals surface area contributed by atoms with Crippen LogP contribution in [-0.2, 0) is 32.2 Å². The number of urea groups is 1. The number of aromatic nitrogens is 3. The topological polar surface area (TPSA) is 148 Å². The van der Waals surface area contributed by atoms with Gasteiger partial charge in [0.25, 0.3) is 0 Å². The average molecular weight is 618 g/mol. The molecule has 12 heteroatoms. The first-order chi connectivity index (χ1) is 21.5. The molecule has 2 amide bonds. The zero-order valence-electron chi connectivity index (χ0n) is 24.3. The minimum absolute atomic E-state index is 0.00773. The average Bonchev–Trinajstić information content (AvgIpc) is 3.60.